The zero-order chi connectivity index (χ0) is 21.3. The van der Waals surface area contributed by atoms with Gasteiger partial charge in [-0.1, -0.05) is 35.9 Å². The van der Waals surface area contributed by atoms with Gasteiger partial charge in [0, 0.05) is 16.9 Å². The number of nitrogens with one attached hydrogen (secondary N) is 1. The molecule has 7 heteroatoms. The molecule has 1 aromatic heterocycles. The Labute approximate surface area is 177 Å². The summed E-state index contributed by atoms with van der Waals surface area (Å²) in [6.45, 7) is 1.85. The number of halogens is 2. The van der Waals surface area contributed by atoms with Crippen LogP contribution in [-0.2, 0) is 16.1 Å². The molecule has 2 amide bonds. The first kappa shape index (κ1) is 19.8. The topological polar surface area (TPSA) is 62.3 Å². The summed E-state index contributed by atoms with van der Waals surface area (Å²) in [5.74, 6) is -1.38. The maximum absolute atomic E-state index is 13.4. The fourth-order valence-electron chi connectivity index (χ4n) is 3.25. The predicted octanol–water partition coefficient (Wildman–Crippen LogP) is 4.57. The third kappa shape index (κ3) is 3.69. The van der Waals surface area contributed by atoms with Crippen LogP contribution in [0.5, 0.6) is 0 Å². The highest BCUT2D eigenvalue weighted by Crippen LogP contribution is 2.33. The molecule has 30 heavy (non-hydrogen) atoms. The first-order valence-corrected chi connectivity index (χ1v) is 9.62. The van der Waals surface area contributed by atoms with E-state index in [1.54, 1.807) is 42.6 Å². The zero-order valence-corrected chi connectivity index (χ0v) is 16.8. The lowest BCUT2D eigenvalue weighted by molar-refractivity contribution is -0.137. The third-order valence-corrected chi connectivity index (χ3v) is 5.28. The van der Waals surface area contributed by atoms with Crippen molar-refractivity contribution < 1.29 is 14.0 Å². The average Bonchev–Trinajstić information content (AvgIpc) is 2.97. The molecule has 5 nitrogen and oxygen atoms in total. The molecule has 0 saturated carbocycles. The Hall–Kier alpha value is -3.51. The monoisotopic (exact) mass is 421 g/mol. The third-order valence-electron chi connectivity index (χ3n) is 4.87. The average molecular weight is 422 g/mol. The number of carbonyl (C=O) groups is 2. The van der Waals surface area contributed by atoms with Crippen LogP contribution in [0.1, 0.15) is 16.8 Å². The standard InChI is InChI=1S/C23H17ClFN3O2/c1-14-18(24)6-4-7-19(14)27-21-20(15-8-10-16(25)11-9-15)22(29)28(23(21)30)13-17-5-2-3-12-26-17/h2-12,27H,13H2,1H3. The fourth-order valence-corrected chi connectivity index (χ4v) is 3.43. The molecule has 2 heterocycles. The van der Waals surface area contributed by atoms with Crippen LogP contribution < -0.4 is 5.32 Å². The van der Waals surface area contributed by atoms with Crippen molar-refractivity contribution in [1.29, 1.82) is 0 Å². The number of hydrogen-bond acceptors (Lipinski definition) is 4. The number of aromatic nitrogens is 1. The lowest BCUT2D eigenvalue weighted by Gasteiger charge is -2.15. The zero-order valence-electron chi connectivity index (χ0n) is 16.0. The van der Waals surface area contributed by atoms with Crippen molar-refractivity contribution in [3.63, 3.8) is 0 Å². The van der Waals surface area contributed by atoms with E-state index < -0.39 is 17.6 Å². The maximum atomic E-state index is 13.4. The van der Waals surface area contributed by atoms with Crippen molar-refractivity contribution in [2.45, 2.75) is 13.5 Å². The number of hydrogen-bond donors (Lipinski definition) is 1. The normalized spacial score (nSPS) is 13.9. The van der Waals surface area contributed by atoms with E-state index in [-0.39, 0.29) is 17.8 Å². The minimum atomic E-state index is -0.482. The van der Waals surface area contributed by atoms with Crippen LogP contribution >= 0.6 is 11.6 Å². The largest absolute Gasteiger partial charge is 0.350 e. The summed E-state index contributed by atoms with van der Waals surface area (Å²) < 4.78 is 13.4. The highest BCUT2D eigenvalue weighted by Gasteiger charge is 2.39. The van der Waals surface area contributed by atoms with Crippen molar-refractivity contribution >= 4 is 34.7 Å². The molecule has 1 aliphatic heterocycles. The van der Waals surface area contributed by atoms with Gasteiger partial charge < -0.3 is 5.32 Å². The Kier molecular flexibility index (Phi) is 5.33. The van der Waals surface area contributed by atoms with Crippen LogP contribution in [0.2, 0.25) is 5.02 Å². The summed E-state index contributed by atoms with van der Waals surface area (Å²) in [6, 6.07) is 16.0. The Morgan fingerprint density at radius 2 is 1.77 bits per heavy atom. The van der Waals surface area contributed by atoms with Crippen LogP contribution in [0.3, 0.4) is 0 Å². The van der Waals surface area contributed by atoms with E-state index in [0.29, 0.717) is 22.0 Å². The van der Waals surface area contributed by atoms with Crippen LogP contribution in [0.4, 0.5) is 10.1 Å². The van der Waals surface area contributed by atoms with Gasteiger partial charge in [0.05, 0.1) is 17.8 Å². The molecule has 0 aliphatic carbocycles. The summed E-state index contributed by atoms with van der Waals surface area (Å²) in [7, 11) is 0. The first-order valence-electron chi connectivity index (χ1n) is 9.24. The van der Waals surface area contributed by atoms with Gasteiger partial charge in [-0.3, -0.25) is 19.5 Å². The summed E-state index contributed by atoms with van der Waals surface area (Å²) in [5.41, 5.74) is 2.67. The fraction of sp³-hybridized carbons (Fsp3) is 0.0870. The van der Waals surface area contributed by atoms with Gasteiger partial charge in [0.2, 0.25) is 0 Å². The van der Waals surface area contributed by atoms with E-state index in [1.807, 2.05) is 6.92 Å². The van der Waals surface area contributed by atoms with Crippen LogP contribution in [-0.4, -0.2) is 21.7 Å². The number of anilines is 1. The minimum absolute atomic E-state index is 0.0307. The predicted molar refractivity (Wildman–Crippen MR) is 113 cm³/mol. The van der Waals surface area contributed by atoms with Crippen molar-refractivity contribution in [2.24, 2.45) is 0 Å². The van der Waals surface area contributed by atoms with Crippen molar-refractivity contribution in [1.82, 2.24) is 9.88 Å². The van der Waals surface area contributed by atoms with E-state index >= 15 is 0 Å². The van der Waals surface area contributed by atoms with Crippen LogP contribution in [0.25, 0.3) is 5.57 Å². The molecule has 0 radical (unpaired) electrons. The molecule has 4 rings (SSSR count). The number of pyridine rings is 1. The lowest BCUT2D eigenvalue weighted by atomic mass is 10.0. The lowest BCUT2D eigenvalue weighted by Crippen LogP contribution is -2.32. The summed E-state index contributed by atoms with van der Waals surface area (Å²) in [4.78, 5) is 31.8. The van der Waals surface area contributed by atoms with E-state index in [2.05, 4.69) is 10.3 Å². The summed E-state index contributed by atoms with van der Waals surface area (Å²) in [5, 5.41) is 3.61. The van der Waals surface area contributed by atoms with E-state index in [9.17, 15) is 14.0 Å². The first-order chi connectivity index (χ1) is 14.5. The summed E-state index contributed by atoms with van der Waals surface area (Å²) >= 11 is 6.20. The number of amides is 2. The summed E-state index contributed by atoms with van der Waals surface area (Å²) in [6.07, 6.45) is 1.60. The molecular weight excluding hydrogens is 405 g/mol. The Morgan fingerprint density at radius 3 is 2.47 bits per heavy atom. The Bertz CT molecular complexity index is 1160. The van der Waals surface area contributed by atoms with Gasteiger partial charge in [0.25, 0.3) is 11.8 Å². The second-order valence-electron chi connectivity index (χ2n) is 6.81. The second-order valence-corrected chi connectivity index (χ2v) is 7.22. The van der Waals surface area contributed by atoms with Gasteiger partial charge in [-0.05, 0) is 54.4 Å². The van der Waals surface area contributed by atoms with Gasteiger partial charge >= 0.3 is 0 Å². The number of carbonyl (C=O) groups excluding carboxylic acids is 2. The highest BCUT2D eigenvalue weighted by atomic mass is 35.5. The SMILES string of the molecule is Cc1c(Cl)cccc1NC1=C(c2ccc(F)cc2)C(=O)N(Cc2ccccn2)C1=O. The number of rotatable bonds is 5. The van der Waals surface area contributed by atoms with E-state index in [0.717, 1.165) is 10.5 Å². The minimum Gasteiger partial charge on any atom is -0.350 e. The number of nitrogens with zero attached hydrogens (tertiary/aromatic N) is 2. The number of benzene rings is 2. The number of imide groups is 1. The molecule has 0 saturated heterocycles. The quantitative estimate of drug-likeness (QED) is 0.613. The van der Waals surface area contributed by atoms with Crippen LogP contribution in [0.15, 0.2) is 72.6 Å². The maximum Gasteiger partial charge on any atom is 0.278 e. The van der Waals surface area contributed by atoms with Gasteiger partial charge in [-0.25, -0.2) is 4.39 Å². The highest BCUT2D eigenvalue weighted by molar-refractivity contribution is 6.36. The van der Waals surface area contributed by atoms with E-state index in [4.69, 9.17) is 11.6 Å². The molecule has 150 valence electrons. The molecule has 0 spiro atoms. The molecule has 1 aliphatic rings. The second kappa shape index (κ2) is 8.08. The Morgan fingerprint density at radius 1 is 1.00 bits per heavy atom. The molecule has 0 atom stereocenters. The van der Waals surface area contributed by atoms with Gasteiger partial charge in [0.15, 0.2) is 0 Å². The molecular formula is C23H17ClFN3O2. The molecule has 0 bridgehead atoms. The smallest absolute Gasteiger partial charge is 0.278 e. The molecule has 3 aromatic rings. The van der Waals surface area contributed by atoms with Crippen molar-refractivity contribution in [2.75, 3.05) is 5.32 Å². The van der Waals surface area contributed by atoms with Crippen molar-refractivity contribution in [3.8, 4) is 0 Å². The van der Waals surface area contributed by atoms with Gasteiger partial charge in [-0.15, -0.1) is 0 Å². The molecule has 0 fully saturated rings. The van der Waals surface area contributed by atoms with Crippen LogP contribution in [0, 0.1) is 12.7 Å². The van der Waals surface area contributed by atoms with Gasteiger partial charge in [0.1, 0.15) is 11.5 Å². The van der Waals surface area contributed by atoms with Gasteiger partial charge in [-0.2, -0.15) is 0 Å². The molecule has 0 unspecified atom stereocenters. The molecule has 1 N–H and O–H groups in total. The Balaban J connectivity index is 1.77. The van der Waals surface area contributed by atoms with E-state index in [1.165, 1.54) is 24.3 Å². The molecule has 2 aromatic carbocycles. The van der Waals surface area contributed by atoms with Crippen molar-refractivity contribution in [3.05, 3.63) is 100 Å².